The topological polar surface area (TPSA) is 9.23 Å². The highest BCUT2D eigenvalue weighted by Gasteiger charge is 2.15. The van der Waals surface area contributed by atoms with Gasteiger partial charge in [-0.15, -0.1) is 0 Å². The number of ether oxygens (including phenoxy) is 1. The van der Waals surface area contributed by atoms with E-state index in [1.807, 2.05) is 6.92 Å². The van der Waals surface area contributed by atoms with Gasteiger partial charge in [-0.1, -0.05) is 49.7 Å². The first kappa shape index (κ1) is 22.8. The van der Waals surface area contributed by atoms with Crippen LogP contribution in [0.15, 0.2) is 60.7 Å². The molecule has 33 heavy (non-hydrogen) atoms. The Kier molecular flexibility index (Phi) is 6.63. The van der Waals surface area contributed by atoms with Gasteiger partial charge in [-0.25, -0.2) is 22.0 Å². The Bertz CT molecular complexity index is 1280. The molecule has 0 amide bonds. The molecule has 0 unspecified atom stereocenters. The van der Waals surface area contributed by atoms with Crippen molar-refractivity contribution in [3.63, 3.8) is 0 Å². The van der Waals surface area contributed by atoms with Crippen molar-refractivity contribution >= 4 is 10.8 Å². The number of fused-ring (bicyclic) bond motifs is 1. The number of unbranched alkanes of at least 4 members (excludes halogenated alkanes) is 1. The molecule has 0 radical (unpaired) electrons. The van der Waals surface area contributed by atoms with E-state index in [-0.39, 0.29) is 17.4 Å². The lowest BCUT2D eigenvalue weighted by Gasteiger charge is -2.11. The lowest BCUT2D eigenvalue weighted by molar-refractivity contribution is 0.274. The molecule has 6 heteroatoms. The number of hydrogen-bond donors (Lipinski definition) is 0. The van der Waals surface area contributed by atoms with Crippen molar-refractivity contribution in [3.8, 4) is 16.9 Å². The lowest BCUT2D eigenvalue weighted by Crippen LogP contribution is -2.01. The normalized spacial score (nSPS) is 11.2. The zero-order chi connectivity index (χ0) is 23.5. The summed E-state index contributed by atoms with van der Waals surface area (Å²) in [5, 5.41) is 0.233. The van der Waals surface area contributed by atoms with E-state index in [1.54, 1.807) is 36.4 Å². The summed E-state index contributed by atoms with van der Waals surface area (Å²) in [4.78, 5) is 0. The van der Waals surface area contributed by atoms with Crippen LogP contribution in [0.2, 0.25) is 0 Å². The highest BCUT2D eigenvalue weighted by Crippen LogP contribution is 2.29. The summed E-state index contributed by atoms with van der Waals surface area (Å²) in [6, 6.07) is 15.1. The van der Waals surface area contributed by atoms with E-state index in [4.69, 9.17) is 4.74 Å². The molecule has 170 valence electrons. The van der Waals surface area contributed by atoms with Gasteiger partial charge in [0.25, 0.3) is 0 Å². The predicted octanol–water partition coefficient (Wildman–Crippen LogP) is 8.12. The molecule has 0 atom stereocenters. The van der Waals surface area contributed by atoms with Crippen LogP contribution in [0.4, 0.5) is 22.0 Å². The van der Waals surface area contributed by atoms with Crippen LogP contribution in [0.1, 0.15) is 30.9 Å². The summed E-state index contributed by atoms with van der Waals surface area (Å²) in [6.45, 7) is 1.98. The third-order valence-electron chi connectivity index (χ3n) is 5.52. The molecule has 0 saturated heterocycles. The first-order valence-electron chi connectivity index (χ1n) is 10.6. The van der Waals surface area contributed by atoms with Crippen molar-refractivity contribution < 1.29 is 26.7 Å². The first-order chi connectivity index (χ1) is 15.9. The third kappa shape index (κ3) is 4.85. The fourth-order valence-corrected chi connectivity index (χ4v) is 3.71. The van der Waals surface area contributed by atoms with E-state index in [0.29, 0.717) is 23.1 Å². The summed E-state index contributed by atoms with van der Waals surface area (Å²) >= 11 is 0. The summed E-state index contributed by atoms with van der Waals surface area (Å²) in [5.41, 5.74) is 2.72. The van der Waals surface area contributed by atoms with Gasteiger partial charge in [0.05, 0.1) is 0 Å². The molecule has 0 heterocycles. The van der Waals surface area contributed by atoms with Gasteiger partial charge >= 0.3 is 0 Å². The van der Waals surface area contributed by atoms with Crippen LogP contribution in [0.3, 0.4) is 0 Å². The smallest absolute Gasteiger partial charge is 0.195 e. The zero-order valence-electron chi connectivity index (χ0n) is 17.9. The maximum atomic E-state index is 14.3. The molecule has 0 aliphatic heterocycles. The van der Waals surface area contributed by atoms with Crippen molar-refractivity contribution in [1.29, 1.82) is 0 Å². The van der Waals surface area contributed by atoms with E-state index >= 15 is 0 Å². The summed E-state index contributed by atoms with van der Waals surface area (Å²) in [5.74, 6) is -5.84. The van der Waals surface area contributed by atoms with E-state index < -0.39 is 34.8 Å². The van der Waals surface area contributed by atoms with Crippen LogP contribution < -0.4 is 4.74 Å². The number of halogens is 5. The Morgan fingerprint density at radius 3 is 2.00 bits per heavy atom. The fraction of sp³-hybridized carbons (Fsp3) is 0.185. The summed E-state index contributed by atoms with van der Waals surface area (Å²) < 4.78 is 74.9. The van der Waals surface area contributed by atoms with E-state index in [0.717, 1.165) is 24.5 Å². The molecular formula is C27H21F5O. The van der Waals surface area contributed by atoms with Gasteiger partial charge in [0.2, 0.25) is 0 Å². The quantitative estimate of drug-likeness (QED) is 0.202. The molecule has 4 aromatic carbocycles. The minimum atomic E-state index is -1.50. The van der Waals surface area contributed by atoms with Gasteiger partial charge in [-0.3, -0.25) is 0 Å². The average molecular weight is 456 g/mol. The molecule has 4 aromatic rings. The largest absolute Gasteiger partial charge is 0.483 e. The minimum absolute atomic E-state index is 0.00700. The van der Waals surface area contributed by atoms with Gasteiger partial charge in [0.1, 0.15) is 6.61 Å². The van der Waals surface area contributed by atoms with E-state index in [9.17, 15) is 22.0 Å². The predicted molar refractivity (Wildman–Crippen MR) is 119 cm³/mol. The van der Waals surface area contributed by atoms with Crippen LogP contribution in [0, 0.1) is 29.1 Å². The highest BCUT2D eigenvalue weighted by atomic mass is 19.2. The molecule has 0 spiro atoms. The van der Waals surface area contributed by atoms with Crippen LogP contribution in [-0.2, 0) is 13.0 Å². The maximum absolute atomic E-state index is 14.3. The first-order valence-corrected chi connectivity index (χ1v) is 10.6. The van der Waals surface area contributed by atoms with Crippen LogP contribution in [-0.4, -0.2) is 0 Å². The monoisotopic (exact) mass is 456 g/mol. The average Bonchev–Trinajstić information content (AvgIpc) is 2.81. The van der Waals surface area contributed by atoms with Crippen LogP contribution >= 0.6 is 0 Å². The van der Waals surface area contributed by atoms with Gasteiger partial charge in [0, 0.05) is 5.39 Å². The van der Waals surface area contributed by atoms with Crippen molar-refractivity contribution in [1.82, 2.24) is 0 Å². The molecule has 0 aromatic heterocycles. The fourth-order valence-electron chi connectivity index (χ4n) is 3.71. The zero-order valence-corrected chi connectivity index (χ0v) is 17.9. The Labute approximate surface area is 188 Å². The second-order valence-electron chi connectivity index (χ2n) is 7.90. The molecule has 0 saturated carbocycles. The third-order valence-corrected chi connectivity index (χ3v) is 5.52. The summed E-state index contributed by atoms with van der Waals surface area (Å²) in [7, 11) is 0. The van der Waals surface area contributed by atoms with Gasteiger partial charge < -0.3 is 4.74 Å². The van der Waals surface area contributed by atoms with Gasteiger partial charge in [-0.2, -0.15) is 0 Å². The van der Waals surface area contributed by atoms with Crippen LogP contribution in [0.25, 0.3) is 21.9 Å². The maximum Gasteiger partial charge on any atom is 0.195 e. The Balaban J connectivity index is 1.50. The second-order valence-corrected chi connectivity index (χ2v) is 7.90. The Hall–Kier alpha value is -3.41. The highest BCUT2D eigenvalue weighted by molar-refractivity contribution is 5.88. The number of aryl methyl sites for hydroxylation is 1. The van der Waals surface area contributed by atoms with Crippen LogP contribution in [0.5, 0.6) is 5.75 Å². The molecule has 4 rings (SSSR count). The molecule has 0 aliphatic carbocycles. The number of benzene rings is 4. The Morgan fingerprint density at radius 1 is 0.667 bits per heavy atom. The SMILES string of the molecule is CCCCc1cc(F)c(OCc2ccc(-c3ccc4c(F)c(F)c(F)cc4c3)cc2)c(F)c1. The van der Waals surface area contributed by atoms with Crippen molar-refractivity contribution in [2.24, 2.45) is 0 Å². The number of hydrogen-bond acceptors (Lipinski definition) is 1. The van der Waals surface area contributed by atoms with Crippen molar-refractivity contribution in [3.05, 3.63) is 101 Å². The molecule has 0 fully saturated rings. The number of rotatable bonds is 7. The van der Waals surface area contributed by atoms with Crippen molar-refractivity contribution in [2.45, 2.75) is 32.8 Å². The molecule has 0 bridgehead atoms. The lowest BCUT2D eigenvalue weighted by atomic mass is 10.00. The molecule has 1 nitrogen and oxygen atoms in total. The minimum Gasteiger partial charge on any atom is -0.483 e. The van der Waals surface area contributed by atoms with Gasteiger partial charge in [0.15, 0.2) is 34.8 Å². The molecular weight excluding hydrogens is 435 g/mol. The van der Waals surface area contributed by atoms with Crippen molar-refractivity contribution in [2.75, 3.05) is 0 Å². The standard InChI is InChI=1S/C27H21F5O/c1-2-3-4-17-11-23(29)27(24(30)12-17)33-15-16-5-7-18(8-6-16)19-9-10-21-20(13-19)14-22(28)26(32)25(21)31/h5-14H,2-4,15H2,1H3. The molecule has 0 aliphatic rings. The molecule has 0 N–H and O–H groups in total. The Morgan fingerprint density at radius 2 is 1.33 bits per heavy atom. The van der Waals surface area contributed by atoms with E-state index in [1.165, 1.54) is 18.2 Å². The van der Waals surface area contributed by atoms with E-state index in [2.05, 4.69) is 0 Å². The summed E-state index contributed by atoms with van der Waals surface area (Å²) in [6.07, 6.45) is 2.39. The second kappa shape index (κ2) is 9.61. The van der Waals surface area contributed by atoms with Gasteiger partial charge in [-0.05, 0) is 64.7 Å².